The minimum absolute atomic E-state index is 0.0687. The lowest BCUT2D eigenvalue weighted by molar-refractivity contribution is -0.150. The summed E-state index contributed by atoms with van der Waals surface area (Å²) in [5.74, 6) is -0.834. The minimum Gasteiger partial charge on any atom is -0.496 e. The normalized spacial score (nSPS) is 22.6. The molecule has 0 spiro atoms. The van der Waals surface area contributed by atoms with Crippen molar-refractivity contribution in [1.29, 1.82) is 0 Å². The van der Waals surface area contributed by atoms with Gasteiger partial charge in [-0.05, 0) is 48.8 Å². The summed E-state index contributed by atoms with van der Waals surface area (Å²) in [6, 6.07) is 4.92. The number of amides is 1. The summed E-state index contributed by atoms with van der Waals surface area (Å²) in [7, 11) is 3.19. The molecule has 0 bridgehead atoms. The molecule has 3 atom stereocenters. The number of thiazole rings is 1. The highest BCUT2D eigenvalue weighted by molar-refractivity contribution is 7.11. The van der Waals surface area contributed by atoms with Gasteiger partial charge in [0.15, 0.2) is 0 Å². The average Bonchev–Trinajstić information content (AvgIpc) is 3.33. The van der Waals surface area contributed by atoms with Crippen molar-refractivity contribution in [3.05, 3.63) is 45.4 Å². The van der Waals surface area contributed by atoms with E-state index in [4.69, 9.17) is 9.47 Å². The number of benzene rings is 1. The number of nitrogens with zero attached hydrogens (tertiary/aromatic N) is 2. The van der Waals surface area contributed by atoms with Gasteiger partial charge in [0.2, 0.25) is 0 Å². The van der Waals surface area contributed by atoms with Crippen LogP contribution in [0.4, 0.5) is 0 Å². The fourth-order valence-electron chi connectivity index (χ4n) is 5.34. The second-order valence-electron chi connectivity index (χ2n) is 10.9. The predicted octanol–water partition coefficient (Wildman–Crippen LogP) is 5.48. The van der Waals surface area contributed by atoms with Crippen LogP contribution in [0.15, 0.2) is 24.4 Å². The van der Waals surface area contributed by atoms with Crippen LogP contribution in [-0.4, -0.2) is 53.2 Å². The number of ether oxygens (including phenoxy) is 2. The highest BCUT2D eigenvalue weighted by atomic mass is 32.1. The van der Waals surface area contributed by atoms with Crippen LogP contribution in [0.3, 0.4) is 0 Å². The summed E-state index contributed by atoms with van der Waals surface area (Å²) in [5.41, 5.74) is -0.156. The molecule has 1 saturated heterocycles. The molecule has 2 heterocycles. The zero-order valence-electron chi connectivity index (χ0n) is 22.0. The van der Waals surface area contributed by atoms with Gasteiger partial charge >= 0.3 is 5.97 Å². The largest absolute Gasteiger partial charge is 0.496 e. The van der Waals surface area contributed by atoms with Crippen LogP contribution < -0.4 is 4.74 Å². The van der Waals surface area contributed by atoms with Crippen LogP contribution in [0, 0.1) is 18.8 Å². The predicted molar refractivity (Wildman–Crippen MR) is 137 cm³/mol. The third-order valence-corrected chi connectivity index (χ3v) is 7.66. The molecule has 1 aliphatic heterocycles. The Bertz CT molecular complexity index is 1070. The number of likely N-dealkylation sites (tertiary alicyclic amines) is 1. The van der Waals surface area contributed by atoms with Crippen molar-refractivity contribution in [3.63, 3.8) is 0 Å². The van der Waals surface area contributed by atoms with Gasteiger partial charge in [-0.25, -0.2) is 9.78 Å². The molecule has 8 heteroatoms. The number of aryl methyl sites for hydroxylation is 1. The molecule has 1 N–H and O–H groups in total. The second-order valence-corrected chi connectivity index (χ2v) is 12.2. The molecule has 2 aromatic rings. The molecule has 7 nitrogen and oxygen atoms in total. The van der Waals surface area contributed by atoms with Crippen molar-refractivity contribution < 1.29 is 24.2 Å². The van der Waals surface area contributed by atoms with E-state index in [1.54, 1.807) is 37.4 Å². The zero-order valence-corrected chi connectivity index (χ0v) is 22.9. The molecule has 3 rings (SSSR count). The summed E-state index contributed by atoms with van der Waals surface area (Å²) >= 11 is 1.50. The van der Waals surface area contributed by atoms with Gasteiger partial charge in [0.05, 0.1) is 19.8 Å². The van der Waals surface area contributed by atoms with Crippen LogP contribution >= 0.6 is 11.3 Å². The van der Waals surface area contributed by atoms with Crippen molar-refractivity contribution in [1.82, 2.24) is 9.88 Å². The maximum absolute atomic E-state index is 14.3. The topological polar surface area (TPSA) is 89.0 Å². The summed E-state index contributed by atoms with van der Waals surface area (Å²) in [6.07, 6.45) is 2.42. The van der Waals surface area contributed by atoms with E-state index in [1.165, 1.54) is 11.3 Å². The lowest BCUT2D eigenvalue weighted by Crippen LogP contribution is -2.54. The Labute approximate surface area is 212 Å². The Hall–Kier alpha value is -2.45. The maximum Gasteiger partial charge on any atom is 0.329 e. The average molecular weight is 503 g/mol. The van der Waals surface area contributed by atoms with Gasteiger partial charge < -0.3 is 19.5 Å². The molecule has 1 aromatic heterocycles. The lowest BCUT2D eigenvalue weighted by Gasteiger charge is -2.39. The van der Waals surface area contributed by atoms with Crippen molar-refractivity contribution in [3.8, 4) is 5.75 Å². The molecule has 1 aliphatic rings. The van der Waals surface area contributed by atoms with Crippen LogP contribution in [0.2, 0.25) is 0 Å². The van der Waals surface area contributed by atoms with E-state index in [2.05, 4.69) is 25.8 Å². The van der Waals surface area contributed by atoms with E-state index in [-0.39, 0.29) is 23.2 Å². The van der Waals surface area contributed by atoms with Crippen molar-refractivity contribution in [2.75, 3.05) is 20.8 Å². The number of aliphatic carboxylic acids is 1. The Balaban J connectivity index is 2.22. The number of rotatable bonds is 8. The van der Waals surface area contributed by atoms with E-state index in [0.29, 0.717) is 30.8 Å². The molecule has 35 heavy (non-hydrogen) atoms. The molecule has 0 aliphatic carbocycles. The van der Waals surface area contributed by atoms with E-state index < -0.39 is 17.6 Å². The Morgan fingerprint density at radius 3 is 2.46 bits per heavy atom. The molecule has 1 amide bonds. The standard InChI is InChI=1S/C27H38N2O5S/c1-16(2)12-27(25(31)32)13-19(15-33-7)22(23-28-14-17(3)35-23)29(27)24(30)18-9-10-20(26(4,5)6)21(11-18)34-8/h9-11,14,16,19,22H,12-13,15H2,1-8H3,(H,31,32)/t19-,22-,27+/m1/s1. The maximum atomic E-state index is 14.3. The fourth-order valence-corrected chi connectivity index (χ4v) is 6.30. The molecule has 0 radical (unpaired) electrons. The van der Waals surface area contributed by atoms with Crippen molar-refractivity contribution in [2.45, 2.75) is 71.4 Å². The van der Waals surface area contributed by atoms with Gasteiger partial charge in [-0.1, -0.05) is 40.7 Å². The van der Waals surface area contributed by atoms with E-state index in [1.807, 2.05) is 26.8 Å². The molecule has 0 unspecified atom stereocenters. The summed E-state index contributed by atoms with van der Waals surface area (Å²) in [5, 5.41) is 11.3. The van der Waals surface area contributed by atoms with Crippen molar-refractivity contribution in [2.24, 2.45) is 11.8 Å². The molecule has 1 fully saturated rings. The SMILES string of the molecule is COC[C@H]1C[C@@](CC(C)C)(C(=O)O)N(C(=O)c2ccc(C(C)(C)C)c(OC)c2)[C@H]1c1ncc(C)s1. The zero-order chi connectivity index (χ0) is 26.1. The number of carboxylic acid groups (broad SMARTS) is 1. The van der Waals surface area contributed by atoms with E-state index in [0.717, 1.165) is 15.4 Å². The summed E-state index contributed by atoms with van der Waals surface area (Å²) < 4.78 is 11.2. The van der Waals surface area contributed by atoms with Gasteiger partial charge in [-0.2, -0.15) is 0 Å². The molecule has 192 valence electrons. The minimum atomic E-state index is -1.37. The second kappa shape index (κ2) is 10.3. The van der Waals surface area contributed by atoms with Crippen LogP contribution in [0.5, 0.6) is 5.75 Å². The highest BCUT2D eigenvalue weighted by Gasteiger charge is 2.59. The molecule has 0 saturated carbocycles. The van der Waals surface area contributed by atoms with Crippen molar-refractivity contribution >= 4 is 23.2 Å². The molecule has 1 aromatic carbocycles. The van der Waals surface area contributed by atoms with Gasteiger partial charge in [0, 0.05) is 29.7 Å². The van der Waals surface area contributed by atoms with Crippen LogP contribution in [-0.2, 0) is 14.9 Å². The van der Waals surface area contributed by atoms with Gasteiger partial charge in [-0.15, -0.1) is 11.3 Å². The number of aromatic nitrogens is 1. The number of carbonyl (C=O) groups excluding carboxylic acids is 1. The first-order valence-corrected chi connectivity index (χ1v) is 12.8. The smallest absolute Gasteiger partial charge is 0.329 e. The van der Waals surface area contributed by atoms with Crippen LogP contribution in [0.1, 0.15) is 79.3 Å². The third kappa shape index (κ3) is 5.23. The quantitative estimate of drug-likeness (QED) is 0.514. The van der Waals surface area contributed by atoms with E-state index in [9.17, 15) is 14.7 Å². The van der Waals surface area contributed by atoms with Gasteiger partial charge in [-0.3, -0.25) is 4.79 Å². The summed E-state index contributed by atoms with van der Waals surface area (Å²) in [6.45, 7) is 12.5. The highest BCUT2D eigenvalue weighted by Crippen LogP contribution is 2.51. The number of methoxy groups -OCH3 is 2. The fraction of sp³-hybridized carbons (Fsp3) is 0.593. The first kappa shape index (κ1) is 27.1. The van der Waals surface area contributed by atoms with Crippen LogP contribution in [0.25, 0.3) is 0 Å². The molecular formula is C27H38N2O5S. The molecular weight excluding hydrogens is 464 g/mol. The number of hydrogen-bond acceptors (Lipinski definition) is 6. The number of carboxylic acids is 1. The van der Waals surface area contributed by atoms with E-state index >= 15 is 0 Å². The monoisotopic (exact) mass is 502 g/mol. The Morgan fingerprint density at radius 2 is 1.97 bits per heavy atom. The first-order chi connectivity index (χ1) is 16.4. The summed E-state index contributed by atoms with van der Waals surface area (Å²) in [4.78, 5) is 34.4. The number of carbonyl (C=O) groups is 2. The van der Waals surface area contributed by atoms with Gasteiger partial charge in [0.25, 0.3) is 5.91 Å². The lowest BCUT2D eigenvalue weighted by atomic mass is 9.83. The first-order valence-electron chi connectivity index (χ1n) is 12.0. The Kier molecular flexibility index (Phi) is 7.96. The van der Waals surface area contributed by atoms with Gasteiger partial charge in [0.1, 0.15) is 16.3 Å². The third-order valence-electron chi connectivity index (χ3n) is 6.68. The number of hydrogen-bond donors (Lipinski definition) is 1. The Morgan fingerprint density at radius 1 is 1.29 bits per heavy atom.